The van der Waals surface area contributed by atoms with Gasteiger partial charge in [-0.2, -0.15) is 0 Å². The maximum Gasteiger partial charge on any atom is 0.240 e. The highest BCUT2D eigenvalue weighted by atomic mass is 32.2. The number of pyridine rings is 1. The van der Waals surface area contributed by atoms with Gasteiger partial charge in [0.15, 0.2) is 15.7 Å². The van der Waals surface area contributed by atoms with Crippen molar-refractivity contribution in [3.05, 3.63) is 30.3 Å². The van der Waals surface area contributed by atoms with Crippen LogP contribution in [0, 0.1) is 0 Å². The third kappa shape index (κ3) is 4.35. The summed E-state index contributed by atoms with van der Waals surface area (Å²) in [7, 11) is -8.69. The van der Waals surface area contributed by atoms with Gasteiger partial charge in [-0.3, -0.25) is 9.69 Å². The molecular weight excluding hydrogens is 472 g/mol. The summed E-state index contributed by atoms with van der Waals surface area (Å²) in [5.74, 6) is -0.307. The van der Waals surface area contributed by atoms with E-state index in [4.69, 9.17) is 10.9 Å². The minimum Gasteiger partial charge on any atom is -0.329 e. The van der Waals surface area contributed by atoms with E-state index in [2.05, 4.69) is 25.6 Å². The first kappa shape index (κ1) is 22.9. The number of rotatable bonds is 7. The number of aromatic amines is 1. The number of anilines is 1. The Morgan fingerprint density at radius 3 is 2.52 bits per heavy atom. The first-order valence-corrected chi connectivity index (χ1v) is 13.0. The van der Waals surface area contributed by atoms with Crippen molar-refractivity contribution in [2.45, 2.75) is 22.6 Å². The minimum absolute atomic E-state index is 0.0761. The fraction of sp³-hybridized carbons (Fsp3) is 0.278. The van der Waals surface area contributed by atoms with Crippen molar-refractivity contribution in [1.82, 2.24) is 25.6 Å². The minimum atomic E-state index is -4.58. The number of carbonyl (C=O) groups is 1. The lowest BCUT2D eigenvalue weighted by molar-refractivity contribution is -0.117. The van der Waals surface area contributed by atoms with Crippen LogP contribution in [0.15, 0.2) is 40.1 Å². The molecule has 0 aliphatic carbocycles. The normalized spacial score (nSPS) is 14.7. The molecule has 0 saturated carbocycles. The molecule has 4 rings (SSSR count). The smallest absolute Gasteiger partial charge is 0.240 e. The van der Waals surface area contributed by atoms with Gasteiger partial charge in [0.05, 0.1) is 21.9 Å². The van der Waals surface area contributed by atoms with Gasteiger partial charge in [-0.25, -0.2) is 32.1 Å². The Bertz CT molecular complexity index is 1420. The van der Waals surface area contributed by atoms with Gasteiger partial charge in [-0.15, -0.1) is 5.10 Å². The van der Waals surface area contributed by atoms with E-state index < -0.39 is 35.4 Å². The predicted octanol–water partition coefficient (Wildman–Crippen LogP) is -0.565. The molecule has 1 fully saturated rings. The zero-order valence-electron chi connectivity index (χ0n) is 17.2. The van der Waals surface area contributed by atoms with E-state index >= 15 is 0 Å². The lowest BCUT2D eigenvalue weighted by Crippen LogP contribution is -2.24. The fourth-order valence-electron chi connectivity index (χ4n) is 3.68. The van der Waals surface area contributed by atoms with E-state index in [1.807, 2.05) is 0 Å². The molecule has 174 valence electrons. The number of nitrogens with one attached hydrogen (secondary N) is 1. The number of amides is 1. The van der Waals surface area contributed by atoms with Gasteiger partial charge in [0.1, 0.15) is 10.7 Å². The Balaban J connectivity index is 2.02. The molecule has 5 N–H and O–H groups in total. The first-order valence-electron chi connectivity index (χ1n) is 9.78. The Labute approximate surface area is 189 Å². The maximum atomic E-state index is 12.8. The van der Waals surface area contributed by atoms with E-state index in [0.29, 0.717) is 25.2 Å². The van der Waals surface area contributed by atoms with Crippen LogP contribution in [0.5, 0.6) is 0 Å². The van der Waals surface area contributed by atoms with Crippen molar-refractivity contribution in [2.75, 3.05) is 23.7 Å². The summed E-state index contributed by atoms with van der Waals surface area (Å²) in [6.07, 6.45) is 1.10. The first-order chi connectivity index (χ1) is 15.6. The molecule has 0 bridgehead atoms. The van der Waals surface area contributed by atoms with Gasteiger partial charge in [0.25, 0.3) is 0 Å². The number of aromatic nitrogens is 5. The summed E-state index contributed by atoms with van der Waals surface area (Å²) < 4.78 is 50.9. The SMILES string of the molecule is NCCS(=O)(=O)c1ccc(-c2cccc(N3CCCC3=O)n2)c(-c2nnn[nH]2)c1S(N)(=O)=O. The van der Waals surface area contributed by atoms with Crippen LogP contribution in [0.4, 0.5) is 5.82 Å². The van der Waals surface area contributed by atoms with Crippen LogP contribution in [0.25, 0.3) is 22.6 Å². The Hall–Kier alpha value is -3.27. The summed E-state index contributed by atoms with van der Waals surface area (Å²) in [5, 5.41) is 18.7. The van der Waals surface area contributed by atoms with Gasteiger partial charge < -0.3 is 5.73 Å². The Kier molecular flexibility index (Phi) is 5.96. The second-order valence-corrected chi connectivity index (χ2v) is 10.8. The molecule has 0 unspecified atom stereocenters. The van der Waals surface area contributed by atoms with Crippen molar-refractivity contribution >= 4 is 31.6 Å². The average molecular weight is 493 g/mol. The number of nitrogens with zero attached hydrogens (tertiary/aromatic N) is 5. The number of carbonyl (C=O) groups excluding carboxylic acids is 1. The summed E-state index contributed by atoms with van der Waals surface area (Å²) >= 11 is 0. The summed E-state index contributed by atoms with van der Waals surface area (Å²) in [6.45, 7) is 0.285. The zero-order valence-corrected chi connectivity index (χ0v) is 18.8. The molecular formula is C18H20N8O5S2. The number of benzene rings is 1. The van der Waals surface area contributed by atoms with Crippen molar-refractivity contribution in [1.29, 1.82) is 0 Å². The largest absolute Gasteiger partial charge is 0.329 e. The fourth-order valence-corrected chi connectivity index (χ4v) is 6.44. The lowest BCUT2D eigenvalue weighted by Gasteiger charge is -2.18. The van der Waals surface area contributed by atoms with Crippen molar-refractivity contribution < 1.29 is 21.6 Å². The molecule has 13 nitrogen and oxygen atoms in total. The zero-order chi connectivity index (χ0) is 23.8. The van der Waals surface area contributed by atoms with Crippen molar-refractivity contribution in [3.8, 4) is 22.6 Å². The van der Waals surface area contributed by atoms with E-state index in [1.165, 1.54) is 11.0 Å². The molecule has 1 aromatic carbocycles. The van der Waals surface area contributed by atoms with Crippen LogP contribution in [-0.2, 0) is 24.7 Å². The molecule has 33 heavy (non-hydrogen) atoms. The lowest BCUT2D eigenvalue weighted by atomic mass is 10.0. The van der Waals surface area contributed by atoms with Gasteiger partial charge in [0.2, 0.25) is 15.9 Å². The van der Waals surface area contributed by atoms with Crippen molar-refractivity contribution in [2.24, 2.45) is 10.9 Å². The highest BCUT2D eigenvalue weighted by Crippen LogP contribution is 2.39. The molecule has 3 heterocycles. The van der Waals surface area contributed by atoms with E-state index in [1.54, 1.807) is 18.2 Å². The number of hydrogen-bond donors (Lipinski definition) is 3. The molecule has 0 radical (unpaired) electrons. The number of nitrogens with two attached hydrogens (primary N) is 2. The molecule has 0 atom stereocenters. The molecule has 1 aliphatic heterocycles. The van der Waals surface area contributed by atoms with Crippen LogP contribution in [0.2, 0.25) is 0 Å². The number of primary sulfonamides is 1. The topological polar surface area (TPSA) is 208 Å². The second-order valence-electron chi connectivity index (χ2n) is 7.25. The summed E-state index contributed by atoms with van der Waals surface area (Å²) in [5.41, 5.74) is 5.73. The van der Waals surface area contributed by atoms with E-state index in [0.717, 1.165) is 6.07 Å². The van der Waals surface area contributed by atoms with Crippen molar-refractivity contribution in [3.63, 3.8) is 0 Å². The van der Waals surface area contributed by atoms with Gasteiger partial charge in [0, 0.05) is 25.1 Å². The van der Waals surface area contributed by atoms with E-state index in [9.17, 15) is 21.6 Å². The number of sulfone groups is 1. The quantitative estimate of drug-likeness (QED) is 0.382. The third-order valence-electron chi connectivity index (χ3n) is 5.07. The van der Waals surface area contributed by atoms with Crippen LogP contribution in [-0.4, -0.2) is 67.2 Å². The Morgan fingerprint density at radius 1 is 1.12 bits per heavy atom. The number of sulfonamides is 1. The maximum absolute atomic E-state index is 12.8. The van der Waals surface area contributed by atoms with Gasteiger partial charge in [-0.05, 0) is 35.0 Å². The number of tetrazole rings is 1. The molecule has 15 heteroatoms. The highest BCUT2D eigenvalue weighted by molar-refractivity contribution is 7.93. The molecule has 1 aliphatic rings. The predicted molar refractivity (Wildman–Crippen MR) is 117 cm³/mol. The molecule has 0 spiro atoms. The highest BCUT2D eigenvalue weighted by Gasteiger charge is 2.32. The van der Waals surface area contributed by atoms with Crippen LogP contribution < -0.4 is 15.8 Å². The van der Waals surface area contributed by atoms with Crippen LogP contribution >= 0.6 is 0 Å². The van der Waals surface area contributed by atoms with Crippen LogP contribution in [0.3, 0.4) is 0 Å². The average Bonchev–Trinajstić information content (AvgIpc) is 3.44. The Morgan fingerprint density at radius 2 is 1.91 bits per heavy atom. The monoisotopic (exact) mass is 492 g/mol. The molecule has 2 aromatic heterocycles. The van der Waals surface area contributed by atoms with E-state index in [-0.39, 0.29) is 35.1 Å². The molecule has 1 amide bonds. The standard InChI is InChI=1S/C18H20N8O5S2/c19-8-10-32(28,29)13-7-6-11(16(17(13)33(20,30)31)18-22-24-25-23-18)12-3-1-4-14(21-12)26-9-2-5-15(26)27/h1,3-4,6-7H,2,5,8-10,19H2,(H2,20,30,31)(H,22,23,24,25). The third-order valence-corrected chi connectivity index (χ3v) is 7.98. The summed E-state index contributed by atoms with van der Waals surface area (Å²) in [6, 6.07) is 7.44. The molecule has 1 saturated heterocycles. The molecule has 3 aromatic rings. The van der Waals surface area contributed by atoms with Gasteiger partial charge in [-0.1, -0.05) is 12.1 Å². The van der Waals surface area contributed by atoms with Gasteiger partial charge >= 0.3 is 0 Å². The van der Waals surface area contributed by atoms with Crippen LogP contribution in [0.1, 0.15) is 12.8 Å². The second kappa shape index (κ2) is 8.58. The number of H-pyrrole nitrogens is 1. The number of hydrogen-bond acceptors (Lipinski definition) is 10. The summed E-state index contributed by atoms with van der Waals surface area (Å²) in [4.78, 5) is 17.0.